The summed E-state index contributed by atoms with van der Waals surface area (Å²) in [5.74, 6) is 2.09. The number of rotatable bonds is 7. The Kier molecular flexibility index (Phi) is 7.69. The first-order chi connectivity index (χ1) is 17.2. The SMILES string of the molecule is COc1cc(C=Nc2sc3c(c2C(=O)Nc2ccccc2)CC[C@@H](C(C)(C)C)C3)cc(OC)c1OC. The molecule has 1 amide bonds. The number of fused-ring (bicyclic) bond motifs is 1. The molecule has 1 aromatic heterocycles. The van der Waals surface area contributed by atoms with Gasteiger partial charge in [0.1, 0.15) is 5.00 Å². The molecule has 36 heavy (non-hydrogen) atoms. The van der Waals surface area contributed by atoms with Crippen LogP contribution in [-0.2, 0) is 12.8 Å². The number of hydrogen-bond acceptors (Lipinski definition) is 6. The van der Waals surface area contributed by atoms with E-state index in [1.165, 1.54) is 4.88 Å². The molecule has 1 aliphatic rings. The van der Waals surface area contributed by atoms with E-state index < -0.39 is 0 Å². The molecule has 0 fully saturated rings. The molecule has 0 saturated carbocycles. The van der Waals surface area contributed by atoms with E-state index in [0.29, 0.717) is 28.7 Å². The van der Waals surface area contributed by atoms with Crippen molar-refractivity contribution in [2.24, 2.45) is 16.3 Å². The number of carbonyl (C=O) groups excluding carboxylic acids is 1. The molecule has 1 aliphatic carbocycles. The van der Waals surface area contributed by atoms with Gasteiger partial charge in [0.15, 0.2) is 11.5 Å². The number of anilines is 1. The van der Waals surface area contributed by atoms with Crippen LogP contribution in [0.15, 0.2) is 47.5 Å². The van der Waals surface area contributed by atoms with Gasteiger partial charge in [-0.2, -0.15) is 0 Å². The molecule has 1 N–H and O–H groups in total. The van der Waals surface area contributed by atoms with Gasteiger partial charge in [0.2, 0.25) is 5.75 Å². The van der Waals surface area contributed by atoms with Crippen LogP contribution in [0.4, 0.5) is 10.7 Å². The van der Waals surface area contributed by atoms with E-state index in [1.807, 2.05) is 42.5 Å². The molecule has 1 heterocycles. The summed E-state index contributed by atoms with van der Waals surface area (Å²) in [6.07, 6.45) is 4.66. The van der Waals surface area contributed by atoms with Crippen molar-refractivity contribution in [1.82, 2.24) is 0 Å². The Bertz CT molecular complexity index is 1230. The lowest BCUT2D eigenvalue weighted by atomic mass is 9.72. The molecule has 190 valence electrons. The van der Waals surface area contributed by atoms with Crippen LogP contribution in [0.3, 0.4) is 0 Å². The predicted molar refractivity (Wildman–Crippen MR) is 147 cm³/mol. The maximum atomic E-state index is 13.5. The first kappa shape index (κ1) is 25.8. The fourth-order valence-corrected chi connectivity index (χ4v) is 5.93. The van der Waals surface area contributed by atoms with E-state index in [-0.39, 0.29) is 11.3 Å². The van der Waals surface area contributed by atoms with Gasteiger partial charge >= 0.3 is 0 Å². The summed E-state index contributed by atoms with van der Waals surface area (Å²) in [5.41, 5.74) is 3.58. The van der Waals surface area contributed by atoms with Gasteiger partial charge < -0.3 is 19.5 Å². The average Bonchev–Trinajstić information content (AvgIpc) is 3.24. The number of ether oxygens (including phenoxy) is 3. The van der Waals surface area contributed by atoms with Crippen LogP contribution in [0.2, 0.25) is 0 Å². The van der Waals surface area contributed by atoms with Crippen molar-refractivity contribution in [1.29, 1.82) is 0 Å². The van der Waals surface area contributed by atoms with Gasteiger partial charge in [-0.05, 0) is 60.4 Å². The molecule has 1 atom stereocenters. The highest BCUT2D eigenvalue weighted by Gasteiger charge is 2.33. The van der Waals surface area contributed by atoms with Crippen molar-refractivity contribution < 1.29 is 19.0 Å². The van der Waals surface area contributed by atoms with Crippen LogP contribution in [0.1, 0.15) is 53.6 Å². The van der Waals surface area contributed by atoms with E-state index in [4.69, 9.17) is 19.2 Å². The highest BCUT2D eigenvalue weighted by molar-refractivity contribution is 7.16. The van der Waals surface area contributed by atoms with Gasteiger partial charge in [-0.1, -0.05) is 39.0 Å². The topological polar surface area (TPSA) is 69.2 Å². The van der Waals surface area contributed by atoms with Crippen LogP contribution in [0, 0.1) is 11.3 Å². The summed E-state index contributed by atoms with van der Waals surface area (Å²) < 4.78 is 16.4. The Balaban J connectivity index is 1.73. The quantitative estimate of drug-likeness (QED) is 0.353. The second-order valence-electron chi connectivity index (χ2n) is 10.0. The van der Waals surface area contributed by atoms with E-state index in [2.05, 4.69) is 26.1 Å². The molecule has 0 saturated heterocycles. The lowest BCUT2D eigenvalue weighted by Gasteiger charge is -2.33. The minimum Gasteiger partial charge on any atom is -0.493 e. The molecule has 4 rings (SSSR count). The first-order valence-corrected chi connectivity index (χ1v) is 12.9. The molecule has 2 aromatic carbocycles. The summed E-state index contributed by atoms with van der Waals surface area (Å²) in [7, 11) is 4.75. The summed E-state index contributed by atoms with van der Waals surface area (Å²) in [5, 5.41) is 3.78. The van der Waals surface area contributed by atoms with Gasteiger partial charge in [0, 0.05) is 22.3 Å². The summed E-state index contributed by atoms with van der Waals surface area (Å²) in [6, 6.07) is 13.2. The van der Waals surface area contributed by atoms with Crippen LogP contribution >= 0.6 is 11.3 Å². The standard InChI is InChI=1S/C29H34N2O4S/c1-29(2,3)19-12-13-21-24(16-19)36-28(25(21)27(32)31-20-10-8-7-9-11-20)30-17-18-14-22(33-4)26(35-6)23(15-18)34-5/h7-11,14-15,17,19H,12-13,16H2,1-6H3,(H,31,32)/t19-/m1/s1. The summed E-state index contributed by atoms with van der Waals surface area (Å²) >= 11 is 1.62. The van der Waals surface area contributed by atoms with Crippen molar-refractivity contribution >= 4 is 34.1 Å². The summed E-state index contributed by atoms with van der Waals surface area (Å²) in [6.45, 7) is 6.88. The molecular formula is C29H34N2O4S. The molecule has 0 unspecified atom stereocenters. The number of methoxy groups -OCH3 is 3. The minimum atomic E-state index is -0.120. The first-order valence-electron chi connectivity index (χ1n) is 12.1. The number of amides is 1. The third kappa shape index (κ3) is 5.41. The highest BCUT2D eigenvalue weighted by atomic mass is 32.1. The zero-order valence-corrected chi connectivity index (χ0v) is 22.6. The fourth-order valence-electron chi connectivity index (χ4n) is 4.66. The number of nitrogens with zero attached hydrogens (tertiary/aromatic N) is 1. The number of thiophene rings is 1. The molecule has 0 spiro atoms. The van der Waals surface area contributed by atoms with Crippen molar-refractivity contribution in [2.75, 3.05) is 26.6 Å². The van der Waals surface area contributed by atoms with Gasteiger partial charge in [0.05, 0.1) is 26.9 Å². The Labute approximate surface area is 217 Å². The van der Waals surface area contributed by atoms with Crippen molar-refractivity contribution in [3.63, 3.8) is 0 Å². The third-order valence-electron chi connectivity index (χ3n) is 6.75. The molecular weight excluding hydrogens is 472 g/mol. The van der Waals surface area contributed by atoms with Gasteiger partial charge in [-0.25, -0.2) is 4.99 Å². The molecule has 0 bridgehead atoms. The number of hydrogen-bond donors (Lipinski definition) is 1. The smallest absolute Gasteiger partial charge is 0.259 e. The maximum absolute atomic E-state index is 13.5. The Hall–Kier alpha value is -3.32. The Morgan fingerprint density at radius 1 is 1.06 bits per heavy atom. The fraction of sp³-hybridized carbons (Fsp3) is 0.379. The van der Waals surface area contributed by atoms with Crippen molar-refractivity contribution in [3.8, 4) is 17.2 Å². The highest BCUT2D eigenvalue weighted by Crippen LogP contribution is 2.45. The van der Waals surface area contributed by atoms with E-state index >= 15 is 0 Å². The predicted octanol–water partition coefficient (Wildman–Crippen LogP) is 6.93. The minimum absolute atomic E-state index is 0.120. The van der Waals surface area contributed by atoms with Crippen molar-refractivity contribution in [2.45, 2.75) is 40.0 Å². The average molecular weight is 507 g/mol. The zero-order chi connectivity index (χ0) is 25.9. The van der Waals surface area contributed by atoms with Crippen LogP contribution in [0.25, 0.3) is 0 Å². The number of para-hydroxylation sites is 1. The van der Waals surface area contributed by atoms with E-state index in [0.717, 1.165) is 41.1 Å². The van der Waals surface area contributed by atoms with E-state index in [9.17, 15) is 4.79 Å². The second-order valence-corrected chi connectivity index (χ2v) is 11.1. The van der Waals surface area contributed by atoms with Crippen molar-refractivity contribution in [3.05, 3.63) is 64.0 Å². The normalized spacial score (nSPS) is 15.4. The van der Waals surface area contributed by atoms with E-state index in [1.54, 1.807) is 38.9 Å². The lowest BCUT2D eigenvalue weighted by molar-refractivity contribution is 0.102. The monoisotopic (exact) mass is 506 g/mol. The molecule has 0 aliphatic heterocycles. The molecule has 7 heteroatoms. The Morgan fingerprint density at radius 2 is 1.72 bits per heavy atom. The van der Waals surface area contributed by atoms with Gasteiger partial charge in [-0.3, -0.25) is 4.79 Å². The number of carbonyl (C=O) groups is 1. The summed E-state index contributed by atoms with van der Waals surface area (Å²) in [4.78, 5) is 19.6. The van der Waals surface area contributed by atoms with Crippen LogP contribution in [0.5, 0.6) is 17.2 Å². The largest absolute Gasteiger partial charge is 0.493 e. The third-order valence-corrected chi connectivity index (χ3v) is 7.91. The maximum Gasteiger partial charge on any atom is 0.259 e. The second kappa shape index (κ2) is 10.7. The number of nitrogens with one attached hydrogen (secondary N) is 1. The number of aliphatic imine (C=N–C) groups is 1. The Morgan fingerprint density at radius 3 is 2.31 bits per heavy atom. The van der Waals surface area contributed by atoms with Crippen LogP contribution in [-0.4, -0.2) is 33.5 Å². The lowest BCUT2D eigenvalue weighted by Crippen LogP contribution is -2.27. The molecule has 6 nitrogen and oxygen atoms in total. The van der Waals surface area contributed by atoms with Crippen LogP contribution < -0.4 is 19.5 Å². The van der Waals surface area contributed by atoms with Gasteiger partial charge in [0.25, 0.3) is 5.91 Å². The molecule has 0 radical (unpaired) electrons. The van der Waals surface area contributed by atoms with Gasteiger partial charge in [-0.15, -0.1) is 11.3 Å². The number of benzene rings is 2. The zero-order valence-electron chi connectivity index (χ0n) is 21.8. The molecule has 3 aromatic rings.